The number of carbonyl (C=O) groups excluding carboxylic acids is 2. The molecule has 0 atom stereocenters. The standard InChI is InChI=1S/C22H28N4O4S/c1-3-25(2)15-18-6-4-5-17(13-18)14-24-22(28)19-7-9-20(10-8-19)31(29,30)26-12-11-23-21(27)16-26/h4-10,13H,3,11-12,14-16H2,1-2H3,(H,23,27)(H,24,28). The number of hydrogen-bond acceptors (Lipinski definition) is 5. The SMILES string of the molecule is CCN(C)Cc1cccc(CNC(=O)c2ccc(S(=O)(=O)N3CCNC(=O)C3)cc2)c1. The number of hydrogen-bond donors (Lipinski definition) is 2. The van der Waals surface area contributed by atoms with Gasteiger partial charge in [-0.3, -0.25) is 9.59 Å². The van der Waals surface area contributed by atoms with Crippen LogP contribution in [-0.2, 0) is 27.9 Å². The summed E-state index contributed by atoms with van der Waals surface area (Å²) in [4.78, 5) is 26.3. The first kappa shape index (κ1) is 22.9. The Bertz CT molecular complexity index is 1040. The summed E-state index contributed by atoms with van der Waals surface area (Å²) in [5.74, 6) is -0.603. The molecule has 9 heteroatoms. The number of benzene rings is 2. The molecule has 2 aromatic rings. The van der Waals surface area contributed by atoms with Crippen LogP contribution >= 0.6 is 0 Å². The summed E-state index contributed by atoms with van der Waals surface area (Å²) in [7, 11) is -1.72. The van der Waals surface area contributed by atoms with Crippen LogP contribution in [0.1, 0.15) is 28.4 Å². The lowest BCUT2D eigenvalue weighted by Gasteiger charge is -2.25. The van der Waals surface area contributed by atoms with Crippen molar-refractivity contribution in [3.8, 4) is 0 Å². The van der Waals surface area contributed by atoms with Gasteiger partial charge in [-0.2, -0.15) is 4.31 Å². The van der Waals surface area contributed by atoms with E-state index in [0.29, 0.717) is 12.1 Å². The molecular formula is C22H28N4O4S. The lowest BCUT2D eigenvalue weighted by molar-refractivity contribution is -0.122. The quantitative estimate of drug-likeness (QED) is 0.637. The third-order valence-electron chi connectivity index (χ3n) is 5.19. The summed E-state index contributed by atoms with van der Waals surface area (Å²) < 4.78 is 26.5. The average Bonchev–Trinajstić information content (AvgIpc) is 2.77. The fourth-order valence-corrected chi connectivity index (χ4v) is 4.69. The summed E-state index contributed by atoms with van der Waals surface area (Å²) in [5.41, 5.74) is 2.55. The largest absolute Gasteiger partial charge is 0.354 e. The predicted octanol–water partition coefficient (Wildman–Crippen LogP) is 1.19. The van der Waals surface area contributed by atoms with Crippen molar-refractivity contribution in [1.29, 1.82) is 0 Å². The molecule has 0 radical (unpaired) electrons. The second-order valence-corrected chi connectivity index (χ2v) is 9.48. The van der Waals surface area contributed by atoms with Gasteiger partial charge in [-0.1, -0.05) is 31.2 Å². The van der Waals surface area contributed by atoms with Gasteiger partial charge in [0.15, 0.2) is 0 Å². The molecule has 1 fully saturated rings. The van der Waals surface area contributed by atoms with Gasteiger partial charge in [-0.05, 0) is 49.0 Å². The third-order valence-corrected chi connectivity index (χ3v) is 7.05. The fourth-order valence-electron chi connectivity index (χ4n) is 3.29. The molecule has 8 nitrogen and oxygen atoms in total. The Morgan fingerprint density at radius 2 is 1.87 bits per heavy atom. The topological polar surface area (TPSA) is 98.8 Å². The van der Waals surface area contributed by atoms with E-state index in [-0.39, 0.29) is 36.3 Å². The fraction of sp³-hybridized carbons (Fsp3) is 0.364. The van der Waals surface area contributed by atoms with E-state index in [9.17, 15) is 18.0 Å². The smallest absolute Gasteiger partial charge is 0.251 e. The summed E-state index contributed by atoms with van der Waals surface area (Å²) in [5, 5.41) is 5.47. The maximum Gasteiger partial charge on any atom is 0.251 e. The van der Waals surface area contributed by atoms with Crippen LogP contribution in [0.15, 0.2) is 53.4 Å². The monoisotopic (exact) mass is 444 g/mol. The molecule has 0 aromatic heterocycles. The van der Waals surface area contributed by atoms with Gasteiger partial charge in [0.25, 0.3) is 5.91 Å². The number of piperazine rings is 1. The minimum atomic E-state index is -3.77. The summed E-state index contributed by atoms with van der Waals surface area (Å²) >= 11 is 0. The third kappa shape index (κ3) is 5.90. The van der Waals surface area contributed by atoms with Gasteiger partial charge in [0.05, 0.1) is 11.4 Å². The van der Waals surface area contributed by atoms with Crippen LogP contribution in [0.2, 0.25) is 0 Å². The Hall–Kier alpha value is -2.75. The lowest BCUT2D eigenvalue weighted by Crippen LogP contribution is -2.49. The highest BCUT2D eigenvalue weighted by atomic mass is 32.2. The van der Waals surface area contributed by atoms with Gasteiger partial charge >= 0.3 is 0 Å². The molecule has 1 aliphatic heterocycles. The van der Waals surface area contributed by atoms with Crippen molar-refractivity contribution in [2.24, 2.45) is 0 Å². The molecule has 2 aromatic carbocycles. The number of sulfonamides is 1. The van der Waals surface area contributed by atoms with Gasteiger partial charge in [0, 0.05) is 31.7 Å². The Kier molecular flexibility index (Phi) is 7.42. The van der Waals surface area contributed by atoms with Gasteiger partial charge < -0.3 is 15.5 Å². The number of amides is 2. The molecular weight excluding hydrogens is 416 g/mol. The van der Waals surface area contributed by atoms with Crippen LogP contribution in [0.4, 0.5) is 0 Å². The molecule has 3 rings (SSSR count). The Morgan fingerprint density at radius 1 is 1.16 bits per heavy atom. The van der Waals surface area contributed by atoms with E-state index < -0.39 is 10.0 Å². The molecule has 31 heavy (non-hydrogen) atoms. The van der Waals surface area contributed by atoms with Crippen molar-refractivity contribution in [3.05, 3.63) is 65.2 Å². The van der Waals surface area contributed by atoms with Crippen LogP contribution in [0.3, 0.4) is 0 Å². The van der Waals surface area contributed by atoms with Crippen molar-refractivity contribution in [2.45, 2.75) is 24.9 Å². The van der Waals surface area contributed by atoms with E-state index in [1.165, 1.54) is 29.8 Å². The van der Waals surface area contributed by atoms with E-state index in [4.69, 9.17) is 0 Å². The Morgan fingerprint density at radius 3 is 2.55 bits per heavy atom. The van der Waals surface area contributed by atoms with Crippen LogP contribution in [0, 0.1) is 0 Å². The van der Waals surface area contributed by atoms with Gasteiger partial charge in [0.2, 0.25) is 15.9 Å². The zero-order chi connectivity index (χ0) is 22.4. The molecule has 1 saturated heterocycles. The van der Waals surface area contributed by atoms with E-state index in [0.717, 1.165) is 23.0 Å². The molecule has 2 N–H and O–H groups in total. The predicted molar refractivity (Wildman–Crippen MR) is 118 cm³/mol. The Labute approximate surface area is 183 Å². The number of nitrogens with one attached hydrogen (secondary N) is 2. The van der Waals surface area contributed by atoms with Crippen molar-refractivity contribution >= 4 is 21.8 Å². The van der Waals surface area contributed by atoms with Crippen molar-refractivity contribution in [1.82, 2.24) is 19.8 Å². The van der Waals surface area contributed by atoms with E-state index in [1.54, 1.807) is 0 Å². The van der Waals surface area contributed by atoms with Crippen LogP contribution in [0.25, 0.3) is 0 Å². The van der Waals surface area contributed by atoms with Gasteiger partial charge in [-0.15, -0.1) is 0 Å². The average molecular weight is 445 g/mol. The highest BCUT2D eigenvalue weighted by Gasteiger charge is 2.29. The molecule has 166 valence electrons. The van der Waals surface area contributed by atoms with Crippen LogP contribution < -0.4 is 10.6 Å². The minimum absolute atomic E-state index is 0.0616. The molecule has 0 bridgehead atoms. The zero-order valence-corrected chi connectivity index (χ0v) is 18.6. The zero-order valence-electron chi connectivity index (χ0n) is 17.8. The lowest BCUT2D eigenvalue weighted by atomic mass is 10.1. The highest BCUT2D eigenvalue weighted by Crippen LogP contribution is 2.17. The molecule has 0 aliphatic carbocycles. The van der Waals surface area contributed by atoms with Crippen LogP contribution in [-0.4, -0.2) is 62.7 Å². The first-order valence-corrected chi connectivity index (χ1v) is 11.6. The Balaban J connectivity index is 1.62. The molecule has 2 amide bonds. The normalized spacial score (nSPS) is 15.0. The second kappa shape index (κ2) is 10.0. The number of nitrogens with zero attached hydrogens (tertiary/aromatic N) is 2. The summed E-state index contributed by atoms with van der Waals surface area (Å²) in [6.07, 6.45) is 0. The molecule has 0 saturated carbocycles. The number of carbonyl (C=O) groups is 2. The van der Waals surface area contributed by atoms with E-state index >= 15 is 0 Å². The van der Waals surface area contributed by atoms with Crippen molar-refractivity contribution in [2.75, 3.05) is 33.2 Å². The maximum absolute atomic E-state index is 12.7. The molecule has 0 unspecified atom stereocenters. The minimum Gasteiger partial charge on any atom is -0.354 e. The van der Waals surface area contributed by atoms with Gasteiger partial charge in [0.1, 0.15) is 0 Å². The molecule has 1 aliphatic rings. The second-order valence-electron chi connectivity index (χ2n) is 7.55. The van der Waals surface area contributed by atoms with E-state index in [2.05, 4.69) is 41.6 Å². The summed E-state index contributed by atoms with van der Waals surface area (Å²) in [6.45, 7) is 4.59. The molecule has 1 heterocycles. The first-order valence-electron chi connectivity index (χ1n) is 10.2. The molecule has 0 spiro atoms. The maximum atomic E-state index is 12.7. The highest BCUT2D eigenvalue weighted by molar-refractivity contribution is 7.89. The van der Waals surface area contributed by atoms with E-state index in [1.807, 2.05) is 12.1 Å². The van der Waals surface area contributed by atoms with Crippen molar-refractivity contribution < 1.29 is 18.0 Å². The van der Waals surface area contributed by atoms with Crippen LogP contribution in [0.5, 0.6) is 0 Å². The summed E-state index contributed by atoms with van der Waals surface area (Å²) in [6, 6.07) is 13.8. The van der Waals surface area contributed by atoms with Crippen molar-refractivity contribution in [3.63, 3.8) is 0 Å². The number of rotatable bonds is 8. The van der Waals surface area contributed by atoms with Gasteiger partial charge in [-0.25, -0.2) is 8.42 Å². The first-order chi connectivity index (χ1) is 14.8.